The molecule has 6 aromatic rings. The van der Waals surface area contributed by atoms with Crippen LogP contribution in [0.4, 0.5) is 5.69 Å². The number of carbonyl (C=O) groups excluding carboxylic acids is 2. The Hall–Kier alpha value is -6.19. The molecule has 6 aromatic carbocycles. The molecule has 5 atom stereocenters. The molecule has 1 spiro atoms. The Morgan fingerprint density at radius 2 is 1.44 bits per heavy atom. The monoisotopic (exact) mass is 933 g/mol. The lowest BCUT2D eigenvalue weighted by Gasteiger charge is -2.46. The van der Waals surface area contributed by atoms with Gasteiger partial charge in [0.25, 0.3) is 0 Å². The summed E-state index contributed by atoms with van der Waals surface area (Å²) in [4.78, 5) is 32.1. The van der Waals surface area contributed by atoms with Crippen molar-refractivity contribution in [1.29, 1.82) is 0 Å². The van der Waals surface area contributed by atoms with Crippen LogP contribution in [0.2, 0.25) is 0 Å². The van der Waals surface area contributed by atoms with Crippen LogP contribution in [0.3, 0.4) is 0 Å². The van der Waals surface area contributed by atoms with E-state index in [0.29, 0.717) is 26.1 Å². The summed E-state index contributed by atoms with van der Waals surface area (Å²) in [5.41, 5.74) is 7.63. The molecule has 13 heteroatoms. The summed E-state index contributed by atoms with van der Waals surface area (Å²) in [6, 6.07) is 48.9. The lowest BCUT2D eigenvalue weighted by Crippen LogP contribution is -2.57. The first kappa shape index (κ1) is 46.9. The Morgan fingerprint density at radius 3 is 2.13 bits per heavy atom. The van der Waals surface area contributed by atoms with E-state index in [1.807, 2.05) is 128 Å². The van der Waals surface area contributed by atoms with Gasteiger partial charge in [-0.15, -0.1) is 0 Å². The van der Waals surface area contributed by atoms with Crippen molar-refractivity contribution in [3.05, 3.63) is 191 Å². The maximum Gasteiger partial charge on any atom is 0.247 e. The highest BCUT2D eigenvalue weighted by atomic mass is 32.2. The fourth-order valence-corrected chi connectivity index (χ4v) is 11.0. The number of likely N-dealkylation sites (tertiary alicyclic amines) is 1. The molecular weight excluding hydrogens is 875 g/mol. The lowest BCUT2D eigenvalue weighted by atomic mass is 9.84. The van der Waals surface area contributed by atoms with Crippen LogP contribution in [-0.2, 0) is 48.7 Å². The molecule has 2 amide bonds. The minimum Gasteiger partial charge on any atom is -0.392 e. The summed E-state index contributed by atoms with van der Waals surface area (Å²) in [6.45, 7) is 6.85. The van der Waals surface area contributed by atoms with Crippen LogP contribution in [0.25, 0.3) is 11.1 Å². The number of piperidine rings is 1. The van der Waals surface area contributed by atoms with Crippen LogP contribution >= 0.6 is 0 Å². The second kappa shape index (κ2) is 20.6. The van der Waals surface area contributed by atoms with Crippen molar-refractivity contribution >= 4 is 27.5 Å². The number of aliphatic hydroxyl groups excluding tert-OH is 1. The standard InChI is InChI=1S/C55H59N5O7S/c1-38-17-27-47(28-18-38)68(64,65)58-49(33-40-11-5-3-6-12-40)52(62)56-34-45-13-9-10-16-48(45)42-23-25-44(26-24-42)53-66-50(39(2)51(67-53)43-21-19-41(36-61)20-22-43)35-59-31-29-55(30-32-59)54(63)57-37-60(55)46-14-7-4-8-15-46/h3-28,39,49-51,53,58,61H,29-37H2,1-2H3,(H,56,62)(H,57,63)/t39-,49-,50+,51+,53+/m1/s1. The molecule has 3 heterocycles. The van der Waals surface area contributed by atoms with Crippen LogP contribution in [-0.4, -0.2) is 74.2 Å². The average Bonchev–Trinajstić information content (AvgIpc) is 3.68. The molecule has 352 valence electrons. The predicted octanol–water partition coefficient (Wildman–Crippen LogP) is 7.58. The number of para-hydroxylation sites is 1. The molecule has 3 aliphatic heterocycles. The molecular formula is C55H59N5O7S. The summed E-state index contributed by atoms with van der Waals surface area (Å²) in [7, 11) is -4.00. The van der Waals surface area contributed by atoms with Gasteiger partial charge in [0.1, 0.15) is 11.6 Å². The van der Waals surface area contributed by atoms with E-state index in [1.54, 1.807) is 24.3 Å². The molecule has 0 unspecified atom stereocenters. The summed E-state index contributed by atoms with van der Waals surface area (Å²) >= 11 is 0. The van der Waals surface area contributed by atoms with Gasteiger partial charge in [0.15, 0.2) is 6.29 Å². The Morgan fingerprint density at radius 1 is 0.794 bits per heavy atom. The summed E-state index contributed by atoms with van der Waals surface area (Å²) in [6.07, 6.45) is 0.434. The maximum atomic E-state index is 13.9. The largest absolute Gasteiger partial charge is 0.392 e. The summed E-state index contributed by atoms with van der Waals surface area (Å²) in [5.74, 6) is -0.358. The minimum atomic E-state index is -4.00. The van der Waals surface area contributed by atoms with Crippen molar-refractivity contribution in [2.24, 2.45) is 5.92 Å². The Bertz CT molecular complexity index is 2770. The number of nitrogens with one attached hydrogen (secondary N) is 3. The third kappa shape index (κ3) is 10.3. The van der Waals surface area contributed by atoms with Crippen molar-refractivity contribution in [2.45, 2.75) is 81.2 Å². The molecule has 4 N–H and O–H groups in total. The first-order chi connectivity index (χ1) is 33.0. The quantitative estimate of drug-likeness (QED) is 0.0818. The molecule has 3 fully saturated rings. The number of hydrogen-bond acceptors (Lipinski definition) is 9. The third-order valence-corrected chi connectivity index (χ3v) is 15.3. The number of rotatable bonds is 15. The Labute approximate surface area is 399 Å². The molecule has 3 aliphatic rings. The maximum absolute atomic E-state index is 13.9. The van der Waals surface area contributed by atoms with Gasteiger partial charge in [0, 0.05) is 43.3 Å². The number of hydrogen-bond donors (Lipinski definition) is 4. The zero-order chi connectivity index (χ0) is 47.3. The third-order valence-electron chi connectivity index (χ3n) is 13.8. The molecule has 12 nitrogen and oxygen atoms in total. The molecule has 0 saturated carbocycles. The number of anilines is 1. The highest BCUT2D eigenvalue weighted by molar-refractivity contribution is 7.89. The van der Waals surface area contributed by atoms with Crippen molar-refractivity contribution in [1.82, 2.24) is 20.3 Å². The van der Waals surface area contributed by atoms with Gasteiger partial charge in [-0.25, -0.2) is 8.42 Å². The van der Waals surface area contributed by atoms with E-state index >= 15 is 0 Å². The van der Waals surface area contributed by atoms with Crippen LogP contribution in [0, 0.1) is 12.8 Å². The molecule has 9 rings (SSSR count). The molecule has 0 aromatic heterocycles. The van der Waals surface area contributed by atoms with E-state index in [9.17, 15) is 23.1 Å². The second-order valence-electron chi connectivity index (χ2n) is 18.3. The first-order valence-electron chi connectivity index (χ1n) is 23.4. The number of sulfonamides is 1. The van der Waals surface area contributed by atoms with Gasteiger partial charge in [0.05, 0.1) is 30.4 Å². The van der Waals surface area contributed by atoms with Crippen LogP contribution in [0.1, 0.15) is 65.5 Å². The number of ether oxygens (including phenoxy) is 2. The van der Waals surface area contributed by atoms with Gasteiger partial charge in [-0.2, -0.15) is 4.72 Å². The fourth-order valence-electron chi connectivity index (χ4n) is 9.81. The summed E-state index contributed by atoms with van der Waals surface area (Å²) < 4.78 is 43.4. The summed E-state index contributed by atoms with van der Waals surface area (Å²) in [5, 5.41) is 15.9. The number of benzene rings is 6. The van der Waals surface area contributed by atoms with Crippen molar-refractivity contribution in [3.63, 3.8) is 0 Å². The van der Waals surface area contributed by atoms with Crippen molar-refractivity contribution < 1.29 is 32.6 Å². The smallest absolute Gasteiger partial charge is 0.247 e. The number of nitrogens with zero attached hydrogens (tertiary/aromatic N) is 2. The normalized spacial score (nSPS) is 21.0. The minimum absolute atomic E-state index is 0.00993. The van der Waals surface area contributed by atoms with Crippen LogP contribution in [0.5, 0.6) is 0 Å². The molecule has 0 aliphatic carbocycles. The van der Waals surface area contributed by atoms with Crippen LogP contribution in [0.15, 0.2) is 163 Å². The number of aryl methyl sites for hydroxylation is 1. The topological polar surface area (TPSA) is 150 Å². The Kier molecular flexibility index (Phi) is 14.2. The van der Waals surface area contributed by atoms with E-state index in [1.165, 1.54) is 0 Å². The van der Waals surface area contributed by atoms with E-state index in [-0.39, 0.29) is 48.5 Å². The zero-order valence-electron chi connectivity index (χ0n) is 38.5. The van der Waals surface area contributed by atoms with Gasteiger partial charge >= 0.3 is 0 Å². The van der Waals surface area contributed by atoms with Crippen molar-refractivity contribution in [3.8, 4) is 11.1 Å². The predicted molar refractivity (Wildman–Crippen MR) is 262 cm³/mol. The molecule has 0 bridgehead atoms. The van der Waals surface area contributed by atoms with Gasteiger partial charge in [-0.1, -0.05) is 146 Å². The number of amides is 2. The van der Waals surface area contributed by atoms with Gasteiger partial charge in [0.2, 0.25) is 21.8 Å². The lowest BCUT2D eigenvalue weighted by molar-refractivity contribution is -0.276. The highest BCUT2D eigenvalue weighted by Crippen LogP contribution is 2.43. The van der Waals surface area contributed by atoms with Crippen LogP contribution < -0.4 is 20.3 Å². The van der Waals surface area contributed by atoms with E-state index in [0.717, 1.165) is 63.3 Å². The van der Waals surface area contributed by atoms with Gasteiger partial charge in [-0.3, -0.25) is 9.59 Å². The number of aliphatic hydroxyl groups is 1. The van der Waals surface area contributed by atoms with Gasteiger partial charge in [-0.05, 0) is 83.8 Å². The first-order valence-corrected chi connectivity index (χ1v) is 24.9. The van der Waals surface area contributed by atoms with E-state index < -0.39 is 33.8 Å². The fraction of sp³-hybridized carbons (Fsp3) is 0.309. The van der Waals surface area contributed by atoms with E-state index in [2.05, 4.69) is 44.2 Å². The van der Waals surface area contributed by atoms with Crippen molar-refractivity contribution in [2.75, 3.05) is 31.2 Å². The highest BCUT2D eigenvalue weighted by Gasteiger charge is 2.51. The van der Waals surface area contributed by atoms with Gasteiger partial charge < -0.3 is 35.0 Å². The molecule has 3 saturated heterocycles. The second-order valence-corrected chi connectivity index (χ2v) is 20.0. The number of carbonyl (C=O) groups is 2. The average molecular weight is 934 g/mol. The molecule has 68 heavy (non-hydrogen) atoms. The Balaban J connectivity index is 0.906. The zero-order valence-corrected chi connectivity index (χ0v) is 39.3. The molecule has 0 radical (unpaired) electrons. The van der Waals surface area contributed by atoms with E-state index in [4.69, 9.17) is 9.47 Å². The SMILES string of the molecule is Cc1ccc(S(=O)(=O)N[C@H](Cc2ccccc2)C(=O)NCc2ccccc2-c2ccc([C@H]3O[C@@H](CN4CCC5(CC4)C(=O)NCN5c4ccccc4)[C@@H](C)[C@@H](c4ccc(CO)cc4)O3)cc2)cc1.